The van der Waals surface area contributed by atoms with E-state index in [9.17, 15) is 0 Å². The van der Waals surface area contributed by atoms with Crippen LogP contribution >= 0.6 is 0 Å². The molecule has 0 bridgehead atoms. The summed E-state index contributed by atoms with van der Waals surface area (Å²) in [5, 5.41) is 3.70. The van der Waals surface area contributed by atoms with Crippen LogP contribution in [0.2, 0.25) is 0 Å². The molecule has 1 heteroatoms. The third-order valence-corrected chi connectivity index (χ3v) is 4.24. The second kappa shape index (κ2) is 6.05. The van der Waals surface area contributed by atoms with Gasteiger partial charge in [0.1, 0.15) is 0 Å². The predicted molar refractivity (Wildman–Crippen MR) is 72.7 cm³/mol. The van der Waals surface area contributed by atoms with Crippen LogP contribution in [-0.2, 0) is 0 Å². The van der Waals surface area contributed by atoms with Gasteiger partial charge in [0.05, 0.1) is 0 Å². The number of rotatable bonds is 4. The maximum absolute atomic E-state index is 3.70. The highest BCUT2D eigenvalue weighted by molar-refractivity contribution is 4.82. The Morgan fingerprint density at radius 3 is 2.38 bits per heavy atom. The van der Waals surface area contributed by atoms with Gasteiger partial charge >= 0.3 is 0 Å². The molecule has 0 radical (unpaired) electrons. The largest absolute Gasteiger partial charge is 0.312 e. The van der Waals surface area contributed by atoms with Gasteiger partial charge in [0, 0.05) is 5.54 Å². The van der Waals surface area contributed by atoms with Gasteiger partial charge in [-0.25, -0.2) is 0 Å². The molecule has 1 aliphatic rings. The lowest BCUT2D eigenvalue weighted by Gasteiger charge is -2.37. The van der Waals surface area contributed by atoms with Gasteiger partial charge in [-0.15, -0.1) is 0 Å². The van der Waals surface area contributed by atoms with Crippen LogP contribution in [0.4, 0.5) is 0 Å². The molecule has 1 aliphatic carbocycles. The monoisotopic (exact) mass is 225 g/mol. The summed E-state index contributed by atoms with van der Waals surface area (Å²) in [5.41, 5.74) is 0.275. The van der Waals surface area contributed by atoms with Gasteiger partial charge in [-0.3, -0.25) is 0 Å². The van der Waals surface area contributed by atoms with Crippen molar-refractivity contribution in [1.29, 1.82) is 0 Å². The van der Waals surface area contributed by atoms with Crippen molar-refractivity contribution in [3.8, 4) is 0 Å². The molecule has 16 heavy (non-hydrogen) atoms. The van der Waals surface area contributed by atoms with Crippen molar-refractivity contribution >= 4 is 0 Å². The molecular weight excluding hydrogens is 194 g/mol. The summed E-state index contributed by atoms with van der Waals surface area (Å²) in [6.07, 6.45) is 7.16. The van der Waals surface area contributed by atoms with E-state index in [4.69, 9.17) is 0 Å². The molecule has 0 aromatic carbocycles. The van der Waals surface area contributed by atoms with E-state index in [1.54, 1.807) is 0 Å². The van der Waals surface area contributed by atoms with E-state index >= 15 is 0 Å². The molecule has 0 amide bonds. The first kappa shape index (κ1) is 14.0. The fraction of sp³-hybridized carbons (Fsp3) is 1.00. The summed E-state index contributed by atoms with van der Waals surface area (Å²) in [7, 11) is 0. The van der Waals surface area contributed by atoms with Gasteiger partial charge < -0.3 is 5.32 Å². The molecule has 0 spiro atoms. The van der Waals surface area contributed by atoms with Crippen molar-refractivity contribution in [3.05, 3.63) is 0 Å². The molecule has 0 heterocycles. The first-order valence-electron chi connectivity index (χ1n) is 7.19. The molecule has 3 atom stereocenters. The van der Waals surface area contributed by atoms with E-state index in [1.165, 1.54) is 38.6 Å². The lowest BCUT2D eigenvalue weighted by molar-refractivity contribution is 0.155. The minimum Gasteiger partial charge on any atom is -0.312 e. The summed E-state index contributed by atoms with van der Waals surface area (Å²) in [4.78, 5) is 0. The Morgan fingerprint density at radius 1 is 1.19 bits per heavy atom. The maximum Gasteiger partial charge on any atom is 0.00966 e. The fourth-order valence-electron chi connectivity index (χ4n) is 2.98. The van der Waals surface area contributed by atoms with Gasteiger partial charge in [-0.05, 0) is 57.9 Å². The third-order valence-electron chi connectivity index (χ3n) is 4.24. The van der Waals surface area contributed by atoms with E-state index in [0.29, 0.717) is 0 Å². The lowest BCUT2D eigenvalue weighted by Crippen LogP contribution is -2.42. The molecule has 0 aliphatic heterocycles. The van der Waals surface area contributed by atoms with Crippen molar-refractivity contribution in [3.63, 3.8) is 0 Å². The Bertz CT molecular complexity index is 192. The minimum absolute atomic E-state index is 0.275. The van der Waals surface area contributed by atoms with Crippen molar-refractivity contribution in [2.24, 2.45) is 17.8 Å². The van der Waals surface area contributed by atoms with Gasteiger partial charge in [0.15, 0.2) is 0 Å². The maximum atomic E-state index is 3.70. The molecule has 0 aromatic heterocycles. The summed E-state index contributed by atoms with van der Waals surface area (Å²) in [6, 6.07) is 0. The van der Waals surface area contributed by atoms with Crippen molar-refractivity contribution in [2.75, 3.05) is 6.54 Å². The Kier molecular flexibility index (Phi) is 5.30. The molecule has 0 aromatic rings. The summed E-state index contributed by atoms with van der Waals surface area (Å²) in [5.74, 6) is 2.79. The van der Waals surface area contributed by atoms with Crippen LogP contribution in [0.1, 0.15) is 66.7 Å². The summed E-state index contributed by atoms with van der Waals surface area (Å²) < 4.78 is 0. The van der Waals surface area contributed by atoms with Crippen LogP contribution in [-0.4, -0.2) is 12.1 Å². The zero-order valence-corrected chi connectivity index (χ0v) is 12.0. The highest BCUT2D eigenvalue weighted by atomic mass is 14.9. The zero-order valence-electron chi connectivity index (χ0n) is 12.0. The molecule has 0 saturated heterocycles. The quantitative estimate of drug-likeness (QED) is 0.755. The first-order chi connectivity index (χ1) is 7.44. The van der Waals surface area contributed by atoms with E-state index in [2.05, 4.69) is 39.9 Å². The van der Waals surface area contributed by atoms with Gasteiger partial charge in [-0.2, -0.15) is 0 Å². The second-order valence-electron chi connectivity index (χ2n) is 6.72. The molecule has 1 rings (SSSR count). The molecule has 1 fully saturated rings. The topological polar surface area (TPSA) is 12.0 Å². The van der Waals surface area contributed by atoms with E-state index in [-0.39, 0.29) is 5.54 Å². The summed E-state index contributed by atoms with van der Waals surface area (Å²) in [6.45, 7) is 12.8. The predicted octanol–water partition coefficient (Wildman–Crippen LogP) is 4.23. The molecule has 1 N–H and O–H groups in total. The van der Waals surface area contributed by atoms with Gasteiger partial charge in [0.25, 0.3) is 0 Å². The zero-order chi connectivity index (χ0) is 12.2. The molecule has 96 valence electrons. The van der Waals surface area contributed by atoms with Crippen LogP contribution < -0.4 is 5.32 Å². The third kappa shape index (κ3) is 4.45. The van der Waals surface area contributed by atoms with Crippen molar-refractivity contribution < 1.29 is 0 Å². The molecule has 1 nitrogen and oxygen atoms in total. The fourth-order valence-corrected chi connectivity index (χ4v) is 2.98. The van der Waals surface area contributed by atoms with E-state index < -0.39 is 0 Å². The number of hydrogen-bond acceptors (Lipinski definition) is 1. The van der Waals surface area contributed by atoms with Crippen molar-refractivity contribution in [1.82, 2.24) is 5.32 Å². The average molecular weight is 225 g/mol. The van der Waals surface area contributed by atoms with Crippen LogP contribution in [0, 0.1) is 17.8 Å². The highest BCUT2D eigenvalue weighted by Crippen LogP contribution is 2.36. The van der Waals surface area contributed by atoms with Crippen LogP contribution in [0.5, 0.6) is 0 Å². The Labute approximate surface area is 102 Å². The molecule has 3 unspecified atom stereocenters. The molecule has 1 saturated carbocycles. The average Bonchev–Trinajstić information content (AvgIpc) is 2.25. The smallest absolute Gasteiger partial charge is 0.00966 e. The lowest BCUT2D eigenvalue weighted by atomic mass is 9.72. The van der Waals surface area contributed by atoms with Crippen LogP contribution in [0.25, 0.3) is 0 Å². The Hall–Kier alpha value is -0.0400. The molecular formula is C15H31N. The van der Waals surface area contributed by atoms with Crippen molar-refractivity contribution in [2.45, 2.75) is 72.3 Å². The van der Waals surface area contributed by atoms with Gasteiger partial charge in [-0.1, -0.05) is 33.1 Å². The standard InChI is InChI=1S/C15H31N/c1-6-12(2)14-10-8-7-9-13(14)11-16-15(3,4)5/h12-14,16H,6-11H2,1-5H3. The van der Waals surface area contributed by atoms with E-state index in [0.717, 1.165) is 17.8 Å². The highest BCUT2D eigenvalue weighted by Gasteiger charge is 2.29. The first-order valence-corrected chi connectivity index (χ1v) is 7.19. The second-order valence-corrected chi connectivity index (χ2v) is 6.72. The van der Waals surface area contributed by atoms with E-state index in [1.807, 2.05) is 0 Å². The number of nitrogens with one attached hydrogen (secondary N) is 1. The normalized spacial score (nSPS) is 29.1. The Morgan fingerprint density at radius 2 is 1.81 bits per heavy atom. The SMILES string of the molecule is CCC(C)C1CCCCC1CNC(C)(C)C. The minimum atomic E-state index is 0.275. The van der Waals surface area contributed by atoms with Crippen LogP contribution in [0.15, 0.2) is 0 Å². The van der Waals surface area contributed by atoms with Crippen LogP contribution in [0.3, 0.4) is 0 Å². The summed E-state index contributed by atoms with van der Waals surface area (Å²) >= 11 is 0. The Balaban J connectivity index is 2.47. The number of hydrogen-bond donors (Lipinski definition) is 1. The van der Waals surface area contributed by atoms with Gasteiger partial charge in [0.2, 0.25) is 0 Å².